The molecule has 0 radical (unpaired) electrons. The molecule has 0 saturated carbocycles. The van der Waals surface area contributed by atoms with E-state index in [2.05, 4.69) is 6.58 Å². The van der Waals surface area contributed by atoms with Gasteiger partial charge in [0.15, 0.2) is 9.84 Å². The first-order chi connectivity index (χ1) is 4.33. The smallest absolute Gasteiger partial charge is 0.245 e. The second-order valence-electron chi connectivity index (χ2n) is 2.04. The lowest BCUT2D eigenvalue weighted by molar-refractivity contribution is -0.114. The Bertz CT molecular complexity index is 252. The lowest BCUT2D eigenvalue weighted by Crippen LogP contribution is -2.19. The van der Waals surface area contributed by atoms with E-state index in [9.17, 15) is 13.2 Å². The molecule has 0 aliphatic heterocycles. The van der Waals surface area contributed by atoms with Crippen molar-refractivity contribution in [3.63, 3.8) is 0 Å². The predicted molar refractivity (Wildman–Crippen MR) is 38.0 cm³/mol. The second kappa shape index (κ2) is 2.83. The summed E-state index contributed by atoms with van der Waals surface area (Å²) in [4.78, 5) is 10.2. The van der Waals surface area contributed by atoms with Crippen molar-refractivity contribution in [2.24, 2.45) is 5.73 Å². The largest absolute Gasteiger partial charge is 0.366 e. The quantitative estimate of drug-likeness (QED) is 0.546. The molecular weight excluding hydrogens is 154 g/mol. The van der Waals surface area contributed by atoms with E-state index in [-0.39, 0.29) is 11.3 Å². The number of primary amides is 1. The van der Waals surface area contributed by atoms with Crippen LogP contribution in [0.4, 0.5) is 0 Å². The number of hydrogen-bond acceptors (Lipinski definition) is 3. The zero-order valence-electron chi connectivity index (χ0n) is 5.62. The Morgan fingerprint density at radius 1 is 1.60 bits per heavy atom. The highest BCUT2D eigenvalue weighted by Gasteiger charge is 2.08. The van der Waals surface area contributed by atoms with Crippen molar-refractivity contribution in [3.8, 4) is 0 Å². The molecule has 58 valence electrons. The summed E-state index contributed by atoms with van der Waals surface area (Å²) in [6.45, 7) is 3.19. The van der Waals surface area contributed by atoms with Crippen molar-refractivity contribution in [1.29, 1.82) is 0 Å². The molecule has 0 aliphatic rings. The third-order valence-electron chi connectivity index (χ3n) is 0.785. The van der Waals surface area contributed by atoms with E-state index in [1.54, 1.807) is 0 Å². The van der Waals surface area contributed by atoms with Crippen molar-refractivity contribution in [3.05, 3.63) is 12.2 Å². The standard InChI is InChI=1S/C5H9NO3S/c1-4(5(6)7)3-10(2,8)9/h1,3H2,2H3,(H2,6,7). The number of sulfone groups is 1. The molecule has 2 N–H and O–H groups in total. The molecule has 0 fully saturated rings. The topological polar surface area (TPSA) is 77.2 Å². The van der Waals surface area contributed by atoms with Crippen molar-refractivity contribution in [2.45, 2.75) is 0 Å². The molecule has 10 heavy (non-hydrogen) atoms. The maximum Gasteiger partial charge on any atom is 0.245 e. The van der Waals surface area contributed by atoms with E-state index in [4.69, 9.17) is 5.73 Å². The van der Waals surface area contributed by atoms with Crippen molar-refractivity contribution in [1.82, 2.24) is 0 Å². The normalized spacial score (nSPS) is 10.9. The van der Waals surface area contributed by atoms with Gasteiger partial charge in [0.25, 0.3) is 0 Å². The minimum Gasteiger partial charge on any atom is -0.366 e. The van der Waals surface area contributed by atoms with E-state index in [0.717, 1.165) is 6.26 Å². The third-order valence-corrected chi connectivity index (χ3v) is 1.66. The van der Waals surface area contributed by atoms with E-state index in [0.29, 0.717) is 0 Å². The first kappa shape index (κ1) is 9.16. The van der Waals surface area contributed by atoms with Crippen molar-refractivity contribution < 1.29 is 13.2 Å². The number of hydrogen-bond donors (Lipinski definition) is 1. The minimum atomic E-state index is -3.17. The summed E-state index contributed by atoms with van der Waals surface area (Å²) in [5.41, 5.74) is 4.66. The maximum absolute atomic E-state index is 10.5. The number of nitrogens with two attached hydrogens (primary N) is 1. The summed E-state index contributed by atoms with van der Waals surface area (Å²) in [6, 6.07) is 0. The summed E-state index contributed by atoms with van der Waals surface area (Å²) in [5.74, 6) is -1.13. The molecule has 0 saturated heterocycles. The zero-order valence-corrected chi connectivity index (χ0v) is 6.44. The van der Waals surface area contributed by atoms with Gasteiger partial charge in [0.2, 0.25) is 5.91 Å². The van der Waals surface area contributed by atoms with Gasteiger partial charge in [0.1, 0.15) is 0 Å². The Balaban J connectivity index is 4.21. The van der Waals surface area contributed by atoms with Crippen LogP contribution in [0.25, 0.3) is 0 Å². The molecule has 1 amide bonds. The van der Waals surface area contributed by atoms with E-state index in [1.807, 2.05) is 0 Å². The summed E-state index contributed by atoms with van der Waals surface area (Å²) in [5, 5.41) is 0. The molecule has 5 heteroatoms. The summed E-state index contributed by atoms with van der Waals surface area (Å²) in [6.07, 6.45) is 1.01. The molecular formula is C5H9NO3S. The first-order valence-electron chi connectivity index (χ1n) is 2.48. The lowest BCUT2D eigenvalue weighted by atomic mass is 10.3. The Kier molecular flexibility index (Phi) is 2.59. The van der Waals surface area contributed by atoms with Crippen LogP contribution < -0.4 is 5.73 Å². The van der Waals surface area contributed by atoms with Crippen molar-refractivity contribution in [2.75, 3.05) is 12.0 Å². The van der Waals surface area contributed by atoms with Crippen LogP contribution in [-0.4, -0.2) is 26.3 Å². The number of carbonyl (C=O) groups is 1. The van der Waals surface area contributed by atoms with Gasteiger partial charge >= 0.3 is 0 Å². The third kappa shape index (κ3) is 4.08. The van der Waals surface area contributed by atoms with E-state index in [1.165, 1.54) is 0 Å². The van der Waals surface area contributed by atoms with Gasteiger partial charge in [0, 0.05) is 11.8 Å². The highest BCUT2D eigenvalue weighted by Crippen LogP contribution is 1.93. The van der Waals surface area contributed by atoms with Crippen LogP contribution in [0, 0.1) is 0 Å². The van der Waals surface area contributed by atoms with Gasteiger partial charge in [-0.1, -0.05) is 6.58 Å². The average molecular weight is 163 g/mol. The zero-order chi connectivity index (χ0) is 8.36. The molecule has 0 heterocycles. The minimum absolute atomic E-state index is 0.0810. The molecule has 0 spiro atoms. The SMILES string of the molecule is C=C(CS(C)(=O)=O)C(N)=O. The van der Waals surface area contributed by atoms with Crippen LogP contribution in [0.1, 0.15) is 0 Å². The summed E-state index contributed by atoms with van der Waals surface area (Å²) >= 11 is 0. The van der Waals surface area contributed by atoms with Crippen LogP contribution in [0.3, 0.4) is 0 Å². The van der Waals surface area contributed by atoms with Gasteiger partial charge < -0.3 is 5.73 Å². The number of carbonyl (C=O) groups excluding carboxylic acids is 1. The molecule has 4 nitrogen and oxygen atoms in total. The Labute approximate surface area is 59.6 Å². The van der Waals surface area contributed by atoms with Crippen LogP contribution in [0.2, 0.25) is 0 Å². The van der Waals surface area contributed by atoms with Gasteiger partial charge in [-0.05, 0) is 0 Å². The fourth-order valence-corrected chi connectivity index (χ4v) is 1.16. The van der Waals surface area contributed by atoms with Crippen molar-refractivity contribution >= 4 is 15.7 Å². The van der Waals surface area contributed by atoms with Crippen LogP contribution in [0.5, 0.6) is 0 Å². The van der Waals surface area contributed by atoms with Gasteiger partial charge in [-0.25, -0.2) is 8.42 Å². The van der Waals surface area contributed by atoms with Gasteiger partial charge in [0.05, 0.1) is 5.75 Å². The molecule has 0 unspecified atom stereocenters. The highest BCUT2D eigenvalue weighted by molar-refractivity contribution is 7.90. The Morgan fingerprint density at radius 2 is 2.00 bits per heavy atom. The number of amides is 1. The second-order valence-corrected chi connectivity index (χ2v) is 4.18. The molecule has 0 aliphatic carbocycles. The molecule has 0 rings (SSSR count). The lowest BCUT2D eigenvalue weighted by Gasteiger charge is -1.96. The van der Waals surface area contributed by atoms with Gasteiger partial charge in [-0.3, -0.25) is 4.79 Å². The van der Waals surface area contributed by atoms with E-state index >= 15 is 0 Å². The molecule has 0 aromatic rings. The highest BCUT2D eigenvalue weighted by atomic mass is 32.2. The first-order valence-corrected chi connectivity index (χ1v) is 4.54. The molecule has 0 bridgehead atoms. The average Bonchev–Trinajstić information content (AvgIpc) is 1.60. The Hall–Kier alpha value is -0.840. The van der Waals surface area contributed by atoms with Crippen LogP contribution >= 0.6 is 0 Å². The summed E-state index contributed by atoms with van der Waals surface area (Å²) in [7, 11) is -3.17. The fraction of sp³-hybridized carbons (Fsp3) is 0.400. The van der Waals surface area contributed by atoms with Crippen LogP contribution in [-0.2, 0) is 14.6 Å². The monoisotopic (exact) mass is 163 g/mol. The molecule has 0 aromatic heterocycles. The number of rotatable bonds is 3. The predicted octanol–water partition coefficient (Wildman–Crippen LogP) is -0.927. The maximum atomic E-state index is 10.5. The van der Waals surface area contributed by atoms with Crippen LogP contribution in [0.15, 0.2) is 12.2 Å². The van der Waals surface area contributed by atoms with E-state index < -0.39 is 15.7 Å². The molecule has 0 atom stereocenters. The van der Waals surface area contributed by atoms with Gasteiger partial charge in [-0.15, -0.1) is 0 Å². The molecule has 0 aromatic carbocycles. The summed E-state index contributed by atoms with van der Waals surface area (Å²) < 4.78 is 21.0. The van der Waals surface area contributed by atoms with Gasteiger partial charge in [-0.2, -0.15) is 0 Å². The Morgan fingerprint density at radius 3 is 2.10 bits per heavy atom. The fourth-order valence-electron chi connectivity index (χ4n) is 0.388.